The van der Waals surface area contributed by atoms with Crippen LogP contribution >= 0.6 is 0 Å². The van der Waals surface area contributed by atoms with Gasteiger partial charge in [-0.25, -0.2) is 0 Å². The van der Waals surface area contributed by atoms with Crippen molar-refractivity contribution in [3.63, 3.8) is 0 Å². The van der Waals surface area contributed by atoms with Crippen LogP contribution in [0.15, 0.2) is 162 Å². The zero-order valence-electron chi connectivity index (χ0n) is 39.0. The number of hydrogen-bond acceptors (Lipinski definition) is 1. The van der Waals surface area contributed by atoms with Gasteiger partial charge in [0.1, 0.15) is 5.58 Å². The second kappa shape index (κ2) is 19.5. The maximum Gasteiger partial charge on any atom is 0.134 e. The van der Waals surface area contributed by atoms with Crippen LogP contribution in [0.3, 0.4) is 0 Å². The van der Waals surface area contributed by atoms with Gasteiger partial charge in [0.15, 0.2) is 0 Å². The van der Waals surface area contributed by atoms with E-state index in [1.54, 1.807) is 0 Å². The maximum absolute atomic E-state index is 6.51. The van der Waals surface area contributed by atoms with Crippen LogP contribution in [0.2, 0.25) is 19.6 Å². The summed E-state index contributed by atoms with van der Waals surface area (Å²) >= 11 is 0. The summed E-state index contributed by atoms with van der Waals surface area (Å²) in [5.41, 5.74) is 19.2. The molecule has 1 radical (unpaired) electrons. The molecule has 3 heterocycles. The third-order valence-corrected chi connectivity index (χ3v) is 14.9. The number of nitrogens with zero attached hydrogens (tertiary/aromatic N) is 2. The second-order valence-corrected chi connectivity index (χ2v) is 23.3. The molecular formula is C60H60IrN2OSi-2. The molecule has 0 fully saturated rings. The van der Waals surface area contributed by atoms with Gasteiger partial charge in [-0.1, -0.05) is 171 Å². The molecular weight excluding hydrogens is 985 g/mol. The average Bonchev–Trinajstić information content (AvgIpc) is 3.65. The van der Waals surface area contributed by atoms with Crippen LogP contribution in [0.1, 0.15) is 60.4 Å². The van der Waals surface area contributed by atoms with Crippen molar-refractivity contribution in [1.29, 1.82) is 0 Å². The molecule has 5 heteroatoms. The van der Waals surface area contributed by atoms with Gasteiger partial charge in [-0.3, -0.25) is 0 Å². The van der Waals surface area contributed by atoms with E-state index < -0.39 is 8.07 Å². The van der Waals surface area contributed by atoms with E-state index >= 15 is 0 Å². The minimum atomic E-state index is -1.40. The Bertz CT molecular complexity index is 3110. The van der Waals surface area contributed by atoms with Crippen LogP contribution in [0.25, 0.3) is 77.8 Å². The van der Waals surface area contributed by atoms with E-state index in [-0.39, 0.29) is 20.1 Å². The summed E-state index contributed by atoms with van der Waals surface area (Å²) in [6, 6.07) is 51.6. The predicted molar refractivity (Wildman–Crippen MR) is 274 cm³/mol. The summed E-state index contributed by atoms with van der Waals surface area (Å²) in [6.07, 6.45) is 6.52. The van der Waals surface area contributed by atoms with Crippen LogP contribution < -0.4 is 14.3 Å². The molecule has 0 bridgehead atoms. The summed E-state index contributed by atoms with van der Waals surface area (Å²) in [7, 11) is 7.19. The van der Waals surface area contributed by atoms with Crippen molar-refractivity contribution in [2.45, 2.75) is 66.1 Å². The van der Waals surface area contributed by atoms with Crippen molar-refractivity contribution in [2.24, 2.45) is 0 Å². The SMILES string of the molecule is [CH2-]c1cc(C)c(-c2ccccc2)cc1-c1cc(C)c([Si](C)(C)C)c[n+]1[CH2-].[CH2-]c1cc2oc3cc(-c4ccccc4)cc(-c4ccccc4)c3c2cc1-c1cc(C(CC)CC)cc[n+]1[CH2-].[Ir]. The first-order valence-corrected chi connectivity index (χ1v) is 26.0. The smallest absolute Gasteiger partial charge is 0.134 e. The van der Waals surface area contributed by atoms with Crippen LogP contribution in [-0.2, 0) is 20.1 Å². The summed E-state index contributed by atoms with van der Waals surface area (Å²) in [4.78, 5) is 0. The Morgan fingerprint density at radius 1 is 0.538 bits per heavy atom. The van der Waals surface area contributed by atoms with Crippen molar-refractivity contribution < 1.29 is 33.7 Å². The molecule has 6 aromatic carbocycles. The van der Waals surface area contributed by atoms with Crippen molar-refractivity contribution >= 4 is 35.2 Å². The molecule has 9 aromatic rings. The third kappa shape index (κ3) is 9.60. The largest absolute Gasteiger partial charge is 0.469 e. The van der Waals surface area contributed by atoms with Crippen molar-refractivity contribution in [1.82, 2.24) is 0 Å². The summed E-state index contributed by atoms with van der Waals surface area (Å²) in [5, 5.41) is 3.67. The normalized spacial score (nSPS) is 11.4. The number of fused-ring (bicyclic) bond motifs is 3. The van der Waals surface area contributed by atoms with E-state index in [2.05, 4.69) is 227 Å². The molecule has 331 valence electrons. The molecule has 0 N–H and O–H groups in total. The van der Waals surface area contributed by atoms with Crippen LogP contribution in [0, 0.1) is 41.8 Å². The number of aryl methyl sites for hydroxylation is 2. The fraction of sp³-hybridized carbons (Fsp3) is 0.167. The molecule has 65 heavy (non-hydrogen) atoms. The van der Waals surface area contributed by atoms with Gasteiger partial charge in [0.05, 0.1) is 37.4 Å². The monoisotopic (exact) mass is 1050 g/mol. The molecule has 0 unspecified atom stereocenters. The zero-order valence-corrected chi connectivity index (χ0v) is 42.4. The molecule has 9 rings (SSSR count). The fourth-order valence-electron chi connectivity index (χ4n) is 9.31. The first-order chi connectivity index (χ1) is 30.7. The van der Waals surface area contributed by atoms with Gasteiger partial charge < -0.3 is 13.6 Å². The Labute approximate surface area is 402 Å². The molecule has 0 saturated carbocycles. The Hall–Kier alpha value is -6.23. The third-order valence-electron chi connectivity index (χ3n) is 12.8. The number of hydrogen-bond donors (Lipinski definition) is 0. The molecule has 0 spiro atoms. The number of benzene rings is 6. The number of pyridine rings is 2. The summed E-state index contributed by atoms with van der Waals surface area (Å²) in [5.74, 6) is 0.530. The topological polar surface area (TPSA) is 20.9 Å². The Morgan fingerprint density at radius 3 is 1.69 bits per heavy atom. The van der Waals surface area contributed by atoms with Crippen molar-refractivity contribution in [2.75, 3.05) is 0 Å². The molecule has 0 atom stereocenters. The van der Waals surface area contributed by atoms with Crippen LogP contribution in [-0.4, -0.2) is 8.07 Å². The minimum absolute atomic E-state index is 0. The zero-order chi connectivity index (χ0) is 45.3. The number of furan rings is 1. The van der Waals surface area contributed by atoms with Gasteiger partial charge in [-0.2, -0.15) is 31.0 Å². The van der Waals surface area contributed by atoms with Gasteiger partial charge in [0.25, 0.3) is 0 Å². The van der Waals surface area contributed by atoms with Gasteiger partial charge in [0.2, 0.25) is 0 Å². The van der Waals surface area contributed by atoms with E-state index in [9.17, 15) is 0 Å². The average molecular weight is 1050 g/mol. The Kier molecular flexibility index (Phi) is 14.0. The van der Waals surface area contributed by atoms with E-state index in [1.165, 1.54) is 44.1 Å². The quantitative estimate of drug-likeness (QED) is 0.0802. The van der Waals surface area contributed by atoms with Gasteiger partial charge >= 0.3 is 0 Å². The Morgan fingerprint density at radius 2 is 1.09 bits per heavy atom. The van der Waals surface area contributed by atoms with Crippen LogP contribution in [0.4, 0.5) is 0 Å². The van der Waals surface area contributed by atoms with Crippen molar-refractivity contribution in [3.8, 4) is 55.9 Å². The molecule has 0 amide bonds. The molecule has 3 aromatic heterocycles. The first-order valence-electron chi connectivity index (χ1n) is 22.5. The van der Waals surface area contributed by atoms with Gasteiger partial charge in [-0.05, 0) is 71.2 Å². The van der Waals surface area contributed by atoms with E-state index in [0.717, 1.165) is 79.5 Å². The predicted octanol–water partition coefficient (Wildman–Crippen LogP) is 14.9. The summed E-state index contributed by atoms with van der Waals surface area (Å²) < 4.78 is 10.5. The fourth-order valence-corrected chi connectivity index (χ4v) is 11.1. The Balaban J connectivity index is 0.000000205. The van der Waals surface area contributed by atoms with E-state index in [4.69, 9.17) is 4.42 Å². The molecule has 0 saturated heterocycles. The van der Waals surface area contributed by atoms with Gasteiger partial charge in [-0.15, -0.1) is 29.3 Å². The van der Waals surface area contributed by atoms with Crippen LogP contribution in [0.5, 0.6) is 0 Å². The number of aromatic nitrogens is 2. The molecule has 3 nitrogen and oxygen atoms in total. The number of rotatable bonds is 9. The summed E-state index contributed by atoms with van der Waals surface area (Å²) in [6.45, 7) is 24.7. The minimum Gasteiger partial charge on any atom is -0.469 e. The maximum atomic E-state index is 6.51. The van der Waals surface area contributed by atoms with E-state index in [1.807, 2.05) is 15.2 Å². The van der Waals surface area contributed by atoms with Crippen molar-refractivity contribution in [3.05, 3.63) is 214 Å². The van der Waals surface area contributed by atoms with E-state index in [0.29, 0.717) is 5.92 Å². The van der Waals surface area contributed by atoms with Gasteiger partial charge in [0, 0.05) is 45.0 Å². The molecule has 0 aliphatic rings. The first kappa shape index (κ1) is 46.7. The second-order valence-electron chi connectivity index (χ2n) is 18.2. The standard InChI is InChI=1S/C36H32NO.C24H28NSi.Ir/c1-5-25(6-2)28-17-18-37(4)33(21-28)30-23-32-34(19-24(30)3)38-35-22-29(26-13-9-7-10-14-26)20-31(36(32)35)27-15-11-8-12-16-27;1-17-13-18(2)22(15-21(17)20-11-9-8-10-12-20)23-14-19(3)24(16-25(23)4)26(5,6)7;/h7-23,25H,3-6H2,1-2H3;8-16H,2,4H2,1,3,5-7H3;/q2*-1;. The molecule has 0 aliphatic carbocycles. The molecule has 0 aliphatic heterocycles.